The third kappa shape index (κ3) is 4.04. The topological polar surface area (TPSA) is 46.9 Å². The molecule has 1 heterocycles. The van der Waals surface area contributed by atoms with Crippen molar-refractivity contribution in [1.29, 1.82) is 0 Å². The molecule has 1 amide bonds. The summed E-state index contributed by atoms with van der Waals surface area (Å²) in [6, 6.07) is 1.80. The van der Waals surface area contributed by atoms with E-state index in [1.54, 1.807) is 10.7 Å². The van der Waals surface area contributed by atoms with E-state index in [1.165, 1.54) is 12.8 Å². The van der Waals surface area contributed by atoms with Gasteiger partial charge in [0.15, 0.2) is 5.82 Å². The van der Waals surface area contributed by atoms with Gasteiger partial charge in [-0.2, -0.15) is 5.10 Å². The molecule has 0 fully saturated rings. The molecule has 0 aromatic carbocycles. The molecule has 1 rings (SSSR count). The van der Waals surface area contributed by atoms with Crippen LogP contribution in [-0.4, -0.2) is 15.7 Å². The first-order valence-electron chi connectivity index (χ1n) is 5.94. The molecule has 0 aliphatic heterocycles. The first-order valence-corrected chi connectivity index (χ1v) is 5.94. The van der Waals surface area contributed by atoms with Crippen molar-refractivity contribution in [2.75, 3.05) is 5.32 Å². The lowest BCUT2D eigenvalue weighted by Crippen LogP contribution is -2.20. The van der Waals surface area contributed by atoms with Gasteiger partial charge in [0.05, 0.1) is 0 Å². The lowest BCUT2D eigenvalue weighted by atomic mass is 10.0. The van der Waals surface area contributed by atoms with E-state index < -0.39 is 0 Å². The van der Waals surface area contributed by atoms with Gasteiger partial charge >= 0.3 is 0 Å². The second-order valence-electron chi connectivity index (χ2n) is 4.26. The molecule has 4 nitrogen and oxygen atoms in total. The van der Waals surface area contributed by atoms with Gasteiger partial charge in [0, 0.05) is 25.2 Å². The molecule has 1 aromatic heterocycles. The molecule has 0 aliphatic carbocycles. The van der Waals surface area contributed by atoms with Crippen molar-refractivity contribution >= 4 is 11.7 Å². The van der Waals surface area contributed by atoms with E-state index >= 15 is 0 Å². The van der Waals surface area contributed by atoms with Crippen molar-refractivity contribution in [2.24, 2.45) is 13.0 Å². The minimum Gasteiger partial charge on any atom is -0.309 e. The Kier molecular flexibility index (Phi) is 5.02. The monoisotopic (exact) mass is 223 g/mol. The summed E-state index contributed by atoms with van der Waals surface area (Å²) in [5.74, 6) is 0.762. The van der Waals surface area contributed by atoms with Crippen LogP contribution in [0.5, 0.6) is 0 Å². The van der Waals surface area contributed by atoms with Crippen LogP contribution < -0.4 is 5.32 Å². The van der Waals surface area contributed by atoms with E-state index in [1.807, 2.05) is 20.2 Å². The van der Waals surface area contributed by atoms with Gasteiger partial charge in [0.25, 0.3) is 0 Å². The Labute approximate surface area is 97.0 Å². The molecule has 1 atom stereocenters. The van der Waals surface area contributed by atoms with Crippen LogP contribution in [0.15, 0.2) is 12.3 Å². The molecule has 0 radical (unpaired) electrons. The average Bonchev–Trinajstić information content (AvgIpc) is 2.64. The summed E-state index contributed by atoms with van der Waals surface area (Å²) >= 11 is 0. The molecule has 0 bridgehead atoms. The van der Waals surface area contributed by atoms with Gasteiger partial charge in [-0.25, -0.2) is 0 Å². The van der Waals surface area contributed by atoms with Crippen molar-refractivity contribution in [3.63, 3.8) is 0 Å². The summed E-state index contributed by atoms with van der Waals surface area (Å²) in [6.07, 6.45) is 6.27. The van der Waals surface area contributed by atoms with Gasteiger partial charge in [0.2, 0.25) is 5.91 Å². The highest BCUT2D eigenvalue weighted by atomic mass is 16.1. The lowest BCUT2D eigenvalue weighted by Gasteiger charge is -2.09. The zero-order valence-electron chi connectivity index (χ0n) is 10.4. The lowest BCUT2D eigenvalue weighted by molar-refractivity contribution is -0.119. The number of anilines is 1. The number of hydrogen-bond donors (Lipinski definition) is 1. The molecule has 16 heavy (non-hydrogen) atoms. The Morgan fingerprint density at radius 2 is 2.31 bits per heavy atom. The summed E-state index contributed by atoms with van der Waals surface area (Å²) in [5.41, 5.74) is 0. The van der Waals surface area contributed by atoms with Crippen LogP contribution in [-0.2, 0) is 11.8 Å². The number of carbonyl (C=O) groups excluding carboxylic acids is 1. The Balaban J connectivity index is 2.34. The molecule has 4 heteroatoms. The van der Waals surface area contributed by atoms with Gasteiger partial charge in [-0.1, -0.05) is 33.1 Å². The predicted molar refractivity (Wildman–Crippen MR) is 65.1 cm³/mol. The van der Waals surface area contributed by atoms with Gasteiger partial charge < -0.3 is 5.32 Å². The van der Waals surface area contributed by atoms with Crippen LogP contribution in [0.4, 0.5) is 5.82 Å². The zero-order chi connectivity index (χ0) is 12.0. The Bertz CT molecular complexity index is 333. The summed E-state index contributed by atoms with van der Waals surface area (Å²) in [7, 11) is 1.83. The molecular formula is C12H21N3O. The smallest absolute Gasteiger partial charge is 0.228 e. The fourth-order valence-electron chi connectivity index (χ4n) is 1.56. The second kappa shape index (κ2) is 6.30. The van der Waals surface area contributed by atoms with Crippen LogP contribution >= 0.6 is 0 Å². The van der Waals surface area contributed by atoms with E-state index in [-0.39, 0.29) is 11.8 Å². The number of rotatable bonds is 6. The van der Waals surface area contributed by atoms with E-state index in [9.17, 15) is 4.79 Å². The number of nitrogens with zero attached hydrogens (tertiary/aromatic N) is 2. The number of unbranched alkanes of at least 4 members (excludes halogenated alkanes) is 2. The SMILES string of the molecule is CCCCCC(C)C(=O)Nc1ccn(C)n1. The largest absolute Gasteiger partial charge is 0.309 e. The molecule has 0 saturated heterocycles. The number of aryl methyl sites for hydroxylation is 1. The number of hydrogen-bond acceptors (Lipinski definition) is 2. The highest BCUT2D eigenvalue weighted by Crippen LogP contribution is 2.12. The van der Waals surface area contributed by atoms with Crippen molar-refractivity contribution in [2.45, 2.75) is 39.5 Å². The van der Waals surface area contributed by atoms with E-state index in [4.69, 9.17) is 0 Å². The predicted octanol–water partition coefficient (Wildman–Crippen LogP) is 2.58. The minimum atomic E-state index is 0.0635. The maximum Gasteiger partial charge on any atom is 0.228 e. The Hall–Kier alpha value is -1.32. The van der Waals surface area contributed by atoms with Crippen LogP contribution in [0.25, 0.3) is 0 Å². The van der Waals surface area contributed by atoms with Crippen LogP contribution in [0.1, 0.15) is 39.5 Å². The van der Waals surface area contributed by atoms with Crippen molar-refractivity contribution < 1.29 is 4.79 Å². The first kappa shape index (κ1) is 12.7. The molecule has 1 unspecified atom stereocenters. The molecule has 90 valence electrons. The summed E-state index contributed by atoms with van der Waals surface area (Å²) < 4.78 is 1.68. The molecule has 0 spiro atoms. The van der Waals surface area contributed by atoms with Gasteiger partial charge in [-0.3, -0.25) is 9.48 Å². The Morgan fingerprint density at radius 1 is 1.56 bits per heavy atom. The first-order chi connectivity index (χ1) is 7.63. The normalized spacial score (nSPS) is 12.4. The molecular weight excluding hydrogens is 202 g/mol. The third-order valence-corrected chi connectivity index (χ3v) is 2.65. The standard InChI is InChI=1S/C12H21N3O/c1-4-5-6-7-10(2)12(16)13-11-8-9-15(3)14-11/h8-10H,4-7H2,1-3H3,(H,13,14,16). The molecule has 0 saturated carbocycles. The number of carbonyl (C=O) groups is 1. The number of amides is 1. The van der Waals surface area contributed by atoms with Crippen LogP contribution in [0, 0.1) is 5.92 Å². The van der Waals surface area contributed by atoms with E-state index in [0.29, 0.717) is 5.82 Å². The fourth-order valence-corrected chi connectivity index (χ4v) is 1.56. The highest BCUT2D eigenvalue weighted by Gasteiger charge is 2.13. The quantitative estimate of drug-likeness (QED) is 0.753. The minimum absolute atomic E-state index is 0.0635. The van der Waals surface area contributed by atoms with Gasteiger partial charge in [-0.15, -0.1) is 0 Å². The molecule has 1 aromatic rings. The van der Waals surface area contributed by atoms with Gasteiger partial charge in [0.1, 0.15) is 0 Å². The zero-order valence-corrected chi connectivity index (χ0v) is 10.4. The van der Waals surface area contributed by atoms with Crippen LogP contribution in [0.2, 0.25) is 0 Å². The maximum atomic E-state index is 11.8. The maximum absolute atomic E-state index is 11.8. The highest BCUT2D eigenvalue weighted by molar-refractivity contribution is 5.91. The number of aromatic nitrogens is 2. The van der Waals surface area contributed by atoms with Crippen molar-refractivity contribution in [3.8, 4) is 0 Å². The fraction of sp³-hybridized carbons (Fsp3) is 0.667. The van der Waals surface area contributed by atoms with E-state index in [0.717, 1.165) is 12.8 Å². The number of nitrogens with one attached hydrogen (secondary N) is 1. The Morgan fingerprint density at radius 3 is 2.88 bits per heavy atom. The van der Waals surface area contributed by atoms with Gasteiger partial charge in [-0.05, 0) is 6.42 Å². The third-order valence-electron chi connectivity index (χ3n) is 2.65. The van der Waals surface area contributed by atoms with Crippen LogP contribution in [0.3, 0.4) is 0 Å². The molecule has 1 N–H and O–H groups in total. The van der Waals surface area contributed by atoms with Crippen molar-refractivity contribution in [3.05, 3.63) is 12.3 Å². The molecule has 0 aliphatic rings. The van der Waals surface area contributed by atoms with E-state index in [2.05, 4.69) is 17.3 Å². The second-order valence-corrected chi connectivity index (χ2v) is 4.26. The average molecular weight is 223 g/mol. The van der Waals surface area contributed by atoms with Crippen molar-refractivity contribution in [1.82, 2.24) is 9.78 Å². The summed E-state index contributed by atoms with van der Waals surface area (Å²) in [4.78, 5) is 11.8. The summed E-state index contributed by atoms with van der Waals surface area (Å²) in [5, 5.41) is 6.93. The summed E-state index contributed by atoms with van der Waals surface area (Å²) in [6.45, 7) is 4.13.